The number of aliphatic hydroxyl groups is 1. The standard InChI is InChI=1S/C62H87N7O9.C6H10O2.4C2H6/c1-14-20-23-52-57(48(17-4)50(18-5)77-52)59(73)46-35-42(7)61(43(8)36-46)75-33-31-67(12)40-55(71)65-26-29-69(28-25-64-54(70)39-63-11)30-27-66-56(72)41-68(13)32-34-76-62-44(9)37-47(38-45(62)10)60(74)58-49(22-16-3)51(19-6)78-53(58)24-21-15-2;1-6(5-8)3-2-4-7;4*1-2/h16-19,22,35-38,63H,4-6,14-15,20-21,23-34,39-41H2,1-3,7-13H3,(H,64,70)(H,65,71)(H,66,72);3-4,8H,2,5H2,1H3;4*1-2H3/b22-16-;6-3-;;;;. The minimum absolute atomic E-state index is 0.0494. The lowest BCUT2D eigenvalue weighted by atomic mass is 9.94. The molecule has 0 aliphatic heterocycles. The van der Waals surface area contributed by atoms with E-state index in [4.69, 9.17) is 23.4 Å². The molecule has 5 N–H and O–H groups in total. The van der Waals surface area contributed by atoms with Crippen LogP contribution in [-0.4, -0.2) is 168 Å². The highest BCUT2D eigenvalue weighted by Gasteiger charge is 2.27. The fourth-order valence-corrected chi connectivity index (χ4v) is 9.59. The van der Waals surface area contributed by atoms with Gasteiger partial charge in [0.1, 0.15) is 54.0 Å². The van der Waals surface area contributed by atoms with E-state index in [1.54, 1.807) is 38.3 Å². The number of hydrogen-bond acceptors (Lipinski definition) is 15. The Morgan fingerprint density at radius 3 is 1.32 bits per heavy atom. The van der Waals surface area contributed by atoms with Crippen LogP contribution in [-0.2, 0) is 32.0 Å². The van der Waals surface area contributed by atoms with Crippen molar-refractivity contribution in [3.63, 3.8) is 0 Å². The summed E-state index contributed by atoms with van der Waals surface area (Å²) >= 11 is 0. The number of unbranched alkanes of at least 4 members (excludes halogenated alkanes) is 2. The van der Waals surface area contributed by atoms with E-state index in [2.05, 4.69) is 59.8 Å². The van der Waals surface area contributed by atoms with Gasteiger partial charge < -0.3 is 49.5 Å². The number of rotatable bonds is 40. The average molecular weight is 1310 g/mol. The summed E-state index contributed by atoms with van der Waals surface area (Å²) in [6.07, 6.45) is 16.7. The summed E-state index contributed by atoms with van der Waals surface area (Å²) in [4.78, 5) is 81.8. The number of benzene rings is 2. The molecule has 0 fully saturated rings. The number of amides is 3. The molecule has 4 aromatic rings. The van der Waals surface area contributed by atoms with E-state index in [9.17, 15) is 28.8 Å². The third-order valence-electron chi connectivity index (χ3n) is 14.1. The van der Waals surface area contributed by atoms with Gasteiger partial charge in [-0.25, -0.2) is 0 Å². The summed E-state index contributed by atoms with van der Waals surface area (Å²) in [6, 6.07) is 7.40. The van der Waals surface area contributed by atoms with Crippen LogP contribution >= 0.6 is 0 Å². The fourth-order valence-electron chi connectivity index (χ4n) is 9.59. The fraction of sp³-hybridized carbons (Fsp3) is 0.526. The molecule has 3 amide bonds. The number of ketones is 2. The lowest BCUT2D eigenvalue weighted by molar-refractivity contribution is -0.122. The first-order chi connectivity index (χ1) is 45.2. The molecule has 0 bridgehead atoms. The highest BCUT2D eigenvalue weighted by Crippen LogP contribution is 2.34. The van der Waals surface area contributed by atoms with Crippen molar-refractivity contribution in [2.75, 3.05) is 113 Å². The first-order valence-corrected chi connectivity index (χ1v) is 33.9. The molecule has 0 spiro atoms. The number of allylic oxidation sites excluding steroid dienone is 2. The van der Waals surface area contributed by atoms with Gasteiger partial charge in [0.2, 0.25) is 17.7 Å². The number of carbonyl (C=O) groups is 6. The zero-order valence-electron chi connectivity index (χ0n) is 61.2. The number of hydrogen-bond donors (Lipinski definition) is 5. The van der Waals surface area contributed by atoms with E-state index in [1.165, 1.54) is 0 Å². The van der Waals surface area contributed by atoms with Crippen molar-refractivity contribution >= 4 is 59.9 Å². The molecule has 2 heterocycles. The number of aliphatic hydroxyl groups excluding tert-OH is 1. The van der Waals surface area contributed by atoms with Gasteiger partial charge in [0.05, 0.1) is 37.4 Å². The molecule has 0 aliphatic carbocycles. The molecule has 0 saturated carbocycles. The van der Waals surface area contributed by atoms with Gasteiger partial charge in [-0.3, -0.25) is 38.7 Å². The third kappa shape index (κ3) is 31.6. The number of aldehydes is 1. The van der Waals surface area contributed by atoms with Crippen LogP contribution in [0.2, 0.25) is 0 Å². The molecular formula is C76H121N7O11. The maximum absolute atomic E-state index is 14.1. The van der Waals surface area contributed by atoms with Crippen LogP contribution in [0.5, 0.6) is 11.5 Å². The first-order valence-electron chi connectivity index (χ1n) is 33.9. The Labute approximate surface area is 566 Å². The molecule has 18 nitrogen and oxygen atoms in total. The van der Waals surface area contributed by atoms with Crippen LogP contribution in [0.25, 0.3) is 24.3 Å². The maximum atomic E-state index is 14.1. The Hall–Kier alpha value is -7.48. The summed E-state index contributed by atoms with van der Waals surface area (Å²) in [5, 5.41) is 20.1. The number of likely N-dealkylation sites (N-methyl/N-ethyl adjacent to an activating group) is 3. The van der Waals surface area contributed by atoms with E-state index in [-0.39, 0.29) is 55.5 Å². The second-order valence-corrected chi connectivity index (χ2v) is 21.4. The van der Waals surface area contributed by atoms with Crippen LogP contribution in [0.1, 0.15) is 203 Å². The Balaban J connectivity index is 0. The molecule has 94 heavy (non-hydrogen) atoms. The van der Waals surface area contributed by atoms with E-state index in [0.29, 0.717) is 147 Å². The molecule has 4 rings (SSSR count). The summed E-state index contributed by atoms with van der Waals surface area (Å²) in [6.45, 7) is 48.1. The summed E-state index contributed by atoms with van der Waals surface area (Å²) < 4.78 is 24.6. The zero-order valence-corrected chi connectivity index (χ0v) is 61.2. The second-order valence-electron chi connectivity index (χ2n) is 21.4. The van der Waals surface area contributed by atoms with Gasteiger partial charge in [-0.05, 0) is 134 Å². The Bertz CT molecular complexity index is 2920. The van der Waals surface area contributed by atoms with E-state index >= 15 is 0 Å². The van der Waals surface area contributed by atoms with Crippen molar-refractivity contribution < 1.29 is 52.2 Å². The van der Waals surface area contributed by atoms with E-state index in [0.717, 1.165) is 65.4 Å². The number of aryl methyl sites for hydroxylation is 6. The molecule has 0 radical (unpaired) electrons. The number of ether oxygens (including phenoxy) is 2. The lowest BCUT2D eigenvalue weighted by Gasteiger charge is -2.24. The molecule has 0 atom stereocenters. The molecule has 0 saturated heterocycles. The van der Waals surface area contributed by atoms with Crippen molar-refractivity contribution in [1.82, 2.24) is 36.0 Å². The van der Waals surface area contributed by atoms with Crippen molar-refractivity contribution in [2.24, 2.45) is 0 Å². The molecule has 0 aliphatic rings. The molecule has 0 unspecified atom stereocenters. The van der Waals surface area contributed by atoms with Gasteiger partial charge >= 0.3 is 0 Å². The Morgan fingerprint density at radius 2 is 0.979 bits per heavy atom. The van der Waals surface area contributed by atoms with Gasteiger partial charge in [-0.15, -0.1) is 0 Å². The predicted molar refractivity (Wildman–Crippen MR) is 391 cm³/mol. The van der Waals surface area contributed by atoms with Gasteiger partial charge in [-0.1, -0.05) is 132 Å². The largest absolute Gasteiger partial charge is 0.492 e. The van der Waals surface area contributed by atoms with Crippen LogP contribution in [0.4, 0.5) is 0 Å². The maximum Gasteiger partial charge on any atom is 0.234 e. The first kappa shape index (κ1) is 88.6. The van der Waals surface area contributed by atoms with Gasteiger partial charge in [-0.2, -0.15) is 0 Å². The van der Waals surface area contributed by atoms with Crippen LogP contribution in [0.15, 0.2) is 70.6 Å². The quantitative estimate of drug-likeness (QED) is 0.0159. The van der Waals surface area contributed by atoms with Crippen molar-refractivity contribution in [3.05, 3.63) is 140 Å². The molecular weight excluding hydrogens is 1190 g/mol. The van der Waals surface area contributed by atoms with Gasteiger partial charge in [0.15, 0.2) is 11.6 Å². The average Bonchev–Trinajstić information content (AvgIpc) is 1.59. The smallest absolute Gasteiger partial charge is 0.234 e. The van der Waals surface area contributed by atoms with Gasteiger partial charge in [0, 0.05) is 93.9 Å². The third-order valence-corrected chi connectivity index (χ3v) is 14.1. The number of nitrogens with zero attached hydrogens (tertiary/aromatic N) is 3. The monoisotopic (exact) mass is 1310 g/mol. The van der Waals surface area contributed by atoms with E-state index < -0.39 is 0 Å². The molecule has 526 valence electrons. The lowest BCUT2D eigenvalue weighted by Crippen LogP contribution is -2.45. The summed E-state index contributed by atoms with van der Waals surface area (Å²) in [7, 11) is 5.42. The Kier molecular flexibility index (Phi) is 49.8. The number of furan rings is 2. The minimum atomic E-state index is -0.146. The highest BCUT2D eigenvalue weighted by atomic mass is 16.5. The summed E-state index contributed by atoms with van der Waals surface area (Å²) in [5.74, 6) is 3.20. The van der Waals surface area contributed by atoms with Crippen LogP contribution in [0, 0.1) is 27.7 Å². The minimum Gasteiger partial charge on any atom is -0.492 e. The Morgan fingerprint density at radius 1 is 0.596 bits per heavy atom. The normalized spacial score (nSPS) is 10.7. The van der Waals surface area contributed by atoms with Crippen molar-refractivity contribution in [3.8, 4) is 11.5 Å². The molecule has 2 aromatic heterocycles. The van der Waals surface area contributed by atoms with Crippen LogP contribution in [0.3, 0.4) is 0 Å². The van der Waals surface area contributed by atoms with Crippen molar-refractivity contribution in [2.45, 2.75) is 156 Å². The predicted octanol–water partition coefficient (Wildman–Crippen LogP) is 13.0. The summed E-state index contributed by atoms with van der Waals surface area (Å²) in [5.41, 5.74) is 7.77. The topological polar surface area (TPSA) is 225 Å². The van der Waals surface area contributed by atoms with Crippen molar-refractivity contribution in [1.29, 1.82) is 0 Å². The van der Waals surface area contributed by atoms with E-state index in [1.807, 2.05) is 150 Å². The number of nitrogens with one attached hydrogen (secondary N) is 4. The number of carbonyl (C=O) groups excluding carboxylic acids is 6. The highest BCUT2D eigenvalue weighted by molar-refractivity contribution is 6.13. The molecule has 2 aromatic carbocycles. The molecule has 18 heteroatoms. The zero-order chi connectivity index (χ0) is 71.7. The SMILES string of the molecule is C/C(=C/CC=O)CO.C=Cc1oc(CCCC)c(C(=O)c2cc(C)c(OCCN(C)CC(=O)NCCN(CCNC(=O)CNC)CCNC(=O)CN(C)CCOc3c(C)cc(C(=O)c4c(CCCC)oc(C=C)c4/C=C\C)cc3C)c(C)c2)c1C=C.CC.CC.CC.CC. The van der Waals surface area contributed by atoms with Gasteiger partial charge in [0.25, 0.3) is 0 Å². The second kappa shape index (κ2) is 52.8. The van der Waals surface area contributed by atoms with Crippen LogP contribution < -0.4 is 30.7 Å².